The van der Waals surface area contributed by atoms with Gasteiger partial charge in [0, 0.05) is 36.2 Å². The number of allylic oxidation sites excluding steroid dienone is 3. The lowest BCUT2D eigenvalue weighted by Crippen LogP contribution is -2.52. The summed E-state index contributed by atoms with van der Waals surface area (Å²) in [5.74, 6) is 0.780. The largest absolute Gasteiger partial charge is 0.381 e. The molecule has 2 aliphatic heterocycles. The third-order valence-corrected chi connectivity index (χ3v) is 7.86. The first kappa shape index (κ1) is 22.0. The van der Waals surface area contributed by atoms with E-state index in [9.17, 15) is 9.59 Å². The average molecular weight is 451 g/mol. The summed E-state index contributed by atoms with van der Waals surface area (Å²) in [5.41, 5.74) is 4.69. The van der Waals surface area contributed by atoms with E-state index in [4.69, 9.17) is 4.84 Å². The second-order valence-corrected chi connectivity index (χ2v) is 9.68. The van der Waals surface area contributed by atoms with Crippen molar-refractivity contribution >= 4 is 17.6 Å². The number of hydrogen-bond acceptors (Lipinski definition) is 4. The number of nitrogens with zero attached hydrogens (tertiary/aromatic N) is 1. The lowest BCUT2D eigenvalue weighted by Gasteiger charge is -2.43. The Kier molecular flexibility index (Phi) is 6.40. The smallest absolute Gasteiger partial charge is 0.338 e. The van der Waals surface area contributed by atoms with Crippen molar-refractivity contribution in [2.75, 3.05) is 19.0 Å². The van der Waals surface area contributed by atoms with Crippen LogP contribution in [0.2, 0.25) is 0 Å². The molecule has 1 aromatic rings. The summed E-state index contributed by atoms with van der Waals surface area (Å²) in [6, 6.07) is 8.28. The second kappa shape index (κ2) is 9.59. The fourth-order valence-electron chi connectivity index (χ4n) is 6.40. The molecule has 1 aromatic carbocycles. The van der Waals surface area contributed by atoms with E-state index in [1.165, 1.54) is 12.7 Å². The number of anilines is 1. The number of carbonyl (C=O) groups is 2. The predicted octanol–water partition coefficient (Wildman–Crippen LogP) is 3.92. The van der Waals surface area contributed by atoms with Gasteiger partial charge in [-0.2, -0.15) is 0 Å². The molecule has 4 aliphatic rings. The quantitative estimate of drug-likeness (QED) is 0.607. The maximum atomic E-state index is 14.0. The minimum absolute atomic E-state index is 0.0784. The Morgan fingerprint density at radius 1 is 1.12 bits per heavy atom. The van der Waals surface area contributed by atoms with Gasteiger partial charge in [-0.1, -0.05) is 55.3 Å². The molecule has 1 saturated heterocycles. The molecule has 2 aliphatic carbocycles. The fourth-order valence-corrected chi connectivity index (χ4v) is 6.40. The van der Waals surface area contributed by atoms with Crippen molar-refractivity contribution in [3.63, 3.8) is 0 Å². The number of urea groups is 1. The third kappa shape index (κ3) is 4.26. The van der Waals surface area contributed by atoms with E-state index in [1.54, 1.807) is 0 Å². The Bertz CT molecular complexity index is 945. The summed E-state index contributed by atoms with van der Waals surface area (Å²) in [6.45, 7) is 0.764. The molecule has 7 heteroatoms. The molecule has 2 fully saturated rings. The predicted molar refractivity (Wildman–Crippen MR) is 127 cm³/mol. The normalized spacial score (nSPS) is 32.5. The zero-order chi connectivity index (χ0) is 22.8. The molecule has 0 radical (unpaired) electrons. The Balaban J connectivity index is 1.41. The first-order chi connectivity index (χ1) is 16.2. The maximum absolute atomic E-state index is 14.0. The topological polar surface area (TPSA) is 82.7 Å². The molecular weight excluding hydrogens is 416 g/mol. The summed E-state index contributed by atoms with van der Waals surface area (Å²) >= 11 is 0. The lowest BCUT2D eigenvalue weighted by molar-refractivity contribution is -0.139. The van der Waals surface area contributed by atoms with Gasteiger partial charge in [0.05, 0.1) is 19.1 Å². The van der Waals surface area contributed by atoms with Gasteiger partial charge in [-0.05, 0) is 37.3 Å². The van der Waals surface area contributed by atoms with Gasteiger partial charge in [-0.25, -0.2) is 10.3 Å². The maximum Gasteiger partial charge on any atom is 0.338 e. The summed E-state index contributed by atoms with van der Waals surface area (Å²) < 4.78 is 0. The Morgan fingerprint density at radius 2 is 1.97 bits per heavy atom. The van der Waals surface area contributed by atoms with Crippen molar-refractivity contribution in [2.24, 2.45) is 17.8 Å². The monoisotopic (exact) mass is 450 g/mol. The molecule has 7 nitrogen and oxygen atoms in total. The van der Waals surface area contributed by atoms with Crippen LogP contribution in [-0.2, 0) is 9.63 Å². The van der Waals surface area contributed by atoms with Gasteiger partial charge >= 0.3 is 6.03 Å². The highest BCUT2D eigenvalue weighted by Gasteiger charge is 2.49. The number of likely N-dealkylation sites (tertiary alicyclic amines) is 1. The van der Waals surface area contributed by atoms with E-state index in [2.05, 4.69) is 69.6 Å². The highest BCUT2D eigenvalue weighted by molar-refractivity contribution is 5.82. The summed E-state index contributed by atoms with van der Waals surface area (Å²) in [4.78, 5) is 33.0. The van der Waals surface area contributed by atoms with Gasteiger partial charge in [-0.3, -0.25) is 9.63 Å². The molecule has 176 valence electrons. The van der Waals surface area contributed by atoms with Gasteiger partial charge in [0.2, 0.25) is 5.91 Å². The van der Waals surface area contributed by atoms with Crippen molar-refractivity contribution in [1.82, 2.24) is 15.7 Å². The van der Waals surface area contributed by atoms with E-state index >= 15 is 0 Å². The first-order valence-electron chi connectivity index (χ1n) is 12.3. The molecule has 1 saturated carbocycles. The van der Waals surface area contributed by atoms with Crippen LogP contribution in [0.15, 0.2) is 48.6 Å². The Morgan fingerprint density at radius 3 is 2.79 bits per heavy atom. The summed E-state index contributed by atoms with van der Waals surface area (Å²) in [5, 5.41) is 6.80. The first-order valence-corrected chi connectivity index (χ1v) is 12.3. The van der Waals surface area contributed by atoms with Crippen LogP contribution in [0.25, 0.3) is 0 Å². The standard InChI is InChI=1S/C26H34N4O3/c1-33-29-26(32)28-22-14-8-6-12-19(22)25(31)30-16-15-20-23(17-9-3-2-4-10-17)27-21-13-7-5-11-18(21)24(20)30/h2-5,7,9,11,13,17,19-20,22-24,27H,6,8,10,12,14-16H2,1H3,(H2,28,29,32)/t17?,19-,20+,22+,23-,24-/m0/s1. The molecular formula is C26H34N4O3. The lowest BCUT2D eigenvalue weighted by atomic mass is 9.75. The fraction of sp³-hybridized carbons (Fsp3) is 0.538. The Hall–Kier alpha value is -2.80. The second-order valence-electron chi connectivity index (χ2n) is 9.68. The average Bonchev–Trinajstić information content (AvgIpc) is 3.30. The number of hydrogen-bond donors (Lipinski definition) is 3. The molecule has 5 rings (SSSR count). The molecule has 6 atom stereocenters. The molecule has 0 bridgehead atoms. The minimum Gasteiger partial charge on any atom is -0.381 e. The van der Waals surface area contributed by atoms with Crippen LogP contribution in [0.1, 0.15) is 50.1 Å². The highest BCUT2D eigenvalue weighted by atomic mass is 16.6. The van der Waals surface area contributed by atoms with Crippen LogP contribution in [0.4, 0.5) is 10.5 Å². The van der Waals surface area contributed by atoms with Crippen LogP contribution in [0, 0.1) is 17.8 Å². The zero-order valence-electron chi connectivity index (χ0n) is 19.2. The summed E-state index contributed by atoms with van der Waals surface area (Å²) in [6.07, 6.45) is 14.5. The molecule has 2 heterocycles. The number of hydroxylamine groups is 1. The van der Waals surface area contributed by atoms with Crippen molar-refractivity contribution in [3.8, 4) is 0 Å². The van der Waals surface area contributed by atoms with Crippen molar-refractivity contribution in [1.29, 1.82) is 0 Å². The van der Waals surface area contributed by atoms with Crippen LogP contribution in [0.5, 0.6) is 0 Å². The molecule has 3 amide bonds. The molecule has 1 unspecified atom stereocenters. The Labute approximate surface area is 195 Å². The van der Waals surface area contributed by atoms with Gasteiger partial charge < -0.3 is 15.5 Å². The van der Waals surface area contributed by atoms with Gasteiger partial charge in [-0.15, -0.1) is 0 Å². The van der Waals surface area contributed by atoms with Crippen molar-refractivity contribution in [3.05, 3.63) is 54.1 Å². The SMILES string of the molecule is CONC(=O)N[C@@H]1CCCC[C@@H]1C(=O)N1CC[C@@H]2[C@H](C3C=CC=CC3)Nc3ccccc3[C@@H]21. The van der Waals surface area contributed by atoms with E-state index < -0.39 is 0 Å². The van der Waals surface area contributed by atoms with Crippen LogP contribution in [-0.4, -0.2) is 42.6 Å². The number of nitrogens with one attached hydrogen (secondary N) is 3. The number of benzene rings is 1. The van der Waals surface area contributed by atoms with E-state index in [0.717, 1.165) is 50.8 Å². The number of fused-ring (bicyclic) bond motifs is 3. The third-order valence-electron chi connectivity index (χ3n) is 7.86. The molecule has 3 N–H and O–H groups in total. The van der Waals surface area contributed by atoms with Crippen molar-refractivity contribution < 1.29 is 14.4 Å². The number of carbonyl (C=O) groups excluding carboxylic acids is 2. The summed E-state index contributed by atoms with van der Waals surface area (Å²) in [7, 11) is 1.41. The number of rotatable bonds is 4. The number of para-hydroxylation sites is 1. The van der Waals surface area contributed by atoms with Crippen LogP contribution in [0.3, 0.4) is 0 Å². The van der Waals surface area contributed by atoms with Crippen molar-refractivity contribution in [2.45, 2.75) is 56.7 Å². The molecule has 0 aromatic heterocycles. The van der Waals surface area contributed by atoms with E-state index in [1.807, 2.05) is 0 Å². The zero-order valence-corrected chi connectivity index (χ0v) is 19.2. The molecule has 0 spiro atoms. The van der Waals surface area contributed by atoms with Crippen LogP contribution < -0.4 is 16.1 Å². The van der Waals surface area contributed by atoms with E-state index in [-0.39, 0.29) is 29.9 Å². The van der Waals surface area contributed by atoms with Crippen LogP contribution >= 0.6 is 0 Å². The van der Waals surface area contributed by atoms with Gasteiger partial charge in [0.1, 0.15) is 0 Å². The van der Waals surface area contributed by atoms with Gasteiger partial charge in [0.25, 0.3) is 0 Å². The minimum atomic E-state index is -0.383. The number of amides is 3. The van der Waals surface area contributed by atoms with Gasteiger partial charge in [0.15, 0.2) is 0 Å². The molecule has 33 heavy (non-hydrogen) atoms. The highest BCUT2D eigenvalue weighted by Crippen LogP contribution is 2.49. The van der Waals surface area contributed by atoms with E-state index in [0.29, 0.717) is 17.9 Å².